The highest BCUT2D eigenvalue weighted by atomic mass is 35.5. The lowest BCUT2D eigenvalue weighted by Crippen LogP contribution is -2.25. The maximum atomic E-state index is 11.9. The molecule has 0 radical (unpaired) electrons. The first-order chi connectivity index (χ1) is 8.65. The van der Waals surface area contributed by atoms with Gasteiger partial charge in [0, 0.05) is 17.9 Å². The van der Waals surface area contributed by atoms with E-state index in [9.17, 15) is 4.79 Å². The number of carbonyl (C=O) groups excluding carboxylic acids is 1. The fourth-order valence-corrected chi connectivity index (χ4v) is 2.76. The minimum atomic E-state index is 0.0491. The average Bonchev–Trinajstić information content (AvgIpc) is 2.71. The van der Waals surface area contributed by atoms with Crippen molar-refractivity contribution < 1.29 is 4.79 Å². The second-order valence-electron chi connectivity index (χ2n) is 4.12. The van der Waals surface area contributed by atoms with Crippen LogP contribution >= 0.6 is 23.4 Å². The number of nitrogens with zero attached hydrogens (tertiary/aromatic N) is 2. The van der Waals surface area contributed by atoms with Crippen molar-refractivity contribution in [1.29, 1.82) is 5.26 Å². The fourth-order valence-electron chi connectivity index (χ4n) is 1.99. The summed E-state index contributed by atoms with van der Waals surface area (Å²) in [7, 11) is 0. The third kappa shape index (κ3) is 2.61. The van der Waals surface area contributed by atoms with Crippen molar-refractivity contribution in [3.05, 3.63) is 23.2 Å². The lowest BCUT2D eigenvalue weighted by atomic mass is 10.1. The number of hydrogen-bond donors (Lipinski definition) is 1. The molecule has 1 aliphatic heterocycles. The van der Waals surface area contributed by atoms with Crippen LogP contribution < -0.4 is 10.6 Å². The van der Waals surface area contributed by atoms with Crippen LogP contribution in [-0.2, 0) is 4.79 Å². The summed E-state index contributed by atoms with van der Waals surface area (Å²) < 4.78 is 0. The highest BCUT2D eigenvalue weighted by Gasteiger charge is 2.30. The zero-order valence-corrected chi connectivity index (χ0v) is 11.2. The molecule has 1 aromatic rings. The van der Waals surface area contributed by atoms with Gasteiger partial charge in [-0.15, -0.1) is 0 Å². The van der Waals surface area contributed by atoms with E-state index in [1.807, 2.05) is 5.40 Å². The van der Waals surface area contributed by atoms with Crippen LogP contribution in [0.1, 0.15) is 6.42 Å². The highest BCUT2D eigenvalue weighted by Crippen LogP contribution is 2.33. The van der Waals surface area contributed by atoms with Gasteiger partial charge in [0.15, 0.2) is 0 Å². The monoisotopic (exact) mass is 281 g/mol. The van der Waals surface area contributed by atoms with Crippen LogP contribution in [0.15, 0.2) is 23.1 Å². The van der Waals surface area contributed by atoms with Gasteiger partial charge >= 0.3 is 0 Å². The number of anilines is 1. The van der Waals surface area contributed by atoms with E-state index in [2.05, 4.69) is 0 Å². The van der Waals surface area contributed by atoms with Gasteiger partial charge in [0.25, 0.3) is 0 Å². The summed E-state index contributed by atoms with van der Waals surface area (Å²) in [6.07, 6.45) is 0.474. The summed E-state index contributed by atoms with van der Waals surface area (Å²) in [4.78, 5) is 14.3. The van der Waals surface area contributed by atoms with Gasteiger partial charge in [0.05, 0.1) is 10.7 Å². The predicted octanol–water partition coefficient (Wildman–Crippen LogP) is 2.22. The number of hydrogen-bond acceptors (Lipinski definition) is 4. The van der Waals surface area contributed by atoms with Crippen LogP contribution in [0.3, 0.4) is 0 Å². The van der Waals surface area contributed by atoms with Crippen molar-refractivity contribution in [2.24, 2.45) is 11.7 Å². The minimum absolute atomic E-state index is 0.0491. The Labute approximate surface area is 115 Å². The summed E-state index contributed by atoms with van der Waals surface area (Å²) >= 11 is 7.20. The van der Waals surface area contributed by atoms with Crippen molar-refractivity contribution in [3.8, 4) is 5.40 Å². The molecule has 18 heavy (non-hydrogen) atoms. The maximum Gasteiger partial charge on any atom is 0.227 e. The Morgan fingerprint density at radius 1 is 1.61 bits per heavy atom. The molecule has 0 aromatic heterocycles. The van der Waals surface area contributed by atoms with Crippen molar-refractivity contribution in [2.45, 2.75) is 11.3 Å². The van der Waals surface area contributed by atoms with E-state index in [1.165, 1.54) is 0 Å². The number of amides is 1. The Kier molecular flexibility index (Phi) is 4.12. The second kappa shape index (κ2) is 5.61. The Balaban J connectivity index is 2.24. The van der Waals surface area contributed by atoms with Crippen LogP contribution in [0.2, 0.25) is 5.02 Å². The third-order valence-corrected chi connectivity index (χ3v) is 3.80. The van der Waals surface area contributed by atoms with Gasteiger partial charge < -0.3 is 10.6 Å². The first-order valence-electron chi connectivity index (χ1n) is 5.51. The van der Waals surface area contributed by atoms with E-state index >= 15 is 0 Å². The molecule has 2 rings (SSSR count). The molecule has 1 aromatic carbocycles. The molecular weight excluding hydrogens is 270 g/mol. The van der Waals surface area contributed by atoms with E-state index < -0.39 is 0 Å². The molecule has 1 unspecified atom stereocenters. The quantitative estimate of drug-likeness (QED) is 0.681. The zero-order chi connectivity index (χ0) is 13.1. The van der Waals surface area contributed by atoms with Crippen molar-refractivity contribution in [2.75, 3.05) is 18.0 Å². The first-order valence-corrected chi connectivity index (χ1v) is 6.71. The van der Waals surface area contributed by atoms with Gasteiger partial charge in [-0.3, -0.25) is 4.79 Å². The highest BCUT2D eigenvalue weighted by molar-refractivity contribution is 8.03. The molecule has 1 atom stereocenters. The molecule has 0 aliphatic carbocycles. The van der Waals surface area contributed by atoms with Crippen LogP contribution in [0.4, 0.5) is 5.69 Å². The standard InChI is InChI=1S/C12H12ClN3OS/c13-10-4-9(18-7-15)1-2-11(10)16-6-8(5-14)3-12(16)17/h1-2,4,8H,3,5-6,14H2. The molecule has 1 aliphatic rings. The fraction of sp³-hybridized carbons (Fsp3) is 0.333. The largest absolute Gasteiger partial charge is 0.330 e. The van der Waals surface area contributed by atoms with E-state index in [0.717, 1.165) is 16.7 Å². The Morgan fingerprint density at radius 2 is 2.39 bits per heavy atom. The number of nitriles is 1. The zero-order valence-electron chi connectivity index (χ0n) is 9.60. The Morgan fingerprint density at radius 3 is 2.94 bits per heavy atom. The van der Waals surface area contributed by atoms with E-state index in [4.69, 9.17) is 22.6 Å². The summed E-state index contributed by atoms with van der Waals surface area (Å²) in [6, 6.07) is 5.27. The van der Waals surface area contributed by atoms with Gasteiger partial charge in [0.2, 0.25) is 5.91 Å². The molecule has 6 heteroatoms. The Hall–Kier alpha value is -1.22. The molecule has 94 valence electrons. The van der Waals surface area contributed by atoms with E-state index in [0.29, 0.717) is 30.2 Å². The van der Waals surface area contributed by atoms with Crippen molar-refractivity contribution >= 4 is 35.0 Å². The number of benzene rings is 1. The van der Waals surface area contributed by atoms with Crippen LogP contribution in [0.5, 0.6) is 0 Å². The van der Waals surface area contributed by atoms with Gasteiger partial charge in [-0.25, -0.2) is 0 Å². The summed E-state index contributed by atoms with van der Waals surface area (Å²) in [5.41, 5.74) is 6.28. The minimum Gasteiger partial charge on any atom is -0.330 e. The molecule has 1 saturated heterocycles. The topological polar surface area (TPSA) is 70.1 Å². The normalized spacial score (nSPS) is 19.1. The molecule has 4 nitrogen and oxygen atoms in total. The number of halogens is 1. The molecular formula is C12H12ClN3OS. The lowest BCUT2D eigenvalue weighted by Gasteiger charge is -2.18. The lowest BCUT2D eigenvalue weighted by molar-refractivity contribution is -0.117. The number of rotatable bonds is 3. The Bertz CT molecular complexity index is 515. The third-order valence-electron chi connectivity index (χ3n) is 2.91. The van der Waals surface area contributed by atoms with Crippen LogP contribution in [-0.4, -0.2) is 19.0 Å². The van der Waals surface area contributed by atoms with Crippen LogP contribution in [0, 0.1) is 16.6 Å². The summed E-state index contributed by atoms with van der Waals surface area (Å²) in [5, 5.41) is 11.1. The second-order valence-corrected chi connectivity index (χ2v) is 5.38. The van der Waals surface area contributed by atoms with E-state index in [-0.39, 0.29) is 11.8 Å². The number of carbonyl (C=O) groups is 1. The SMILES string of the molecule is N#CSc1ccc(N2CC(CN)CC2=O)c(Cl)c1. The molecule has 0 bridgehead atoms. The molecule has 0 saturated carbocycles. The van der Waals surface area contributed by atoms with Crippen molar-refractivity contribution in [3.63, 3.8) is 0 Å². The van der Waals surface area contributed by atoms with Crippen molar-refractivity contribution in [1.82, 2.24) is 0 Å². The molecule has 0 spiro atoms. The number of nitrogens with two attached hydrogens (primary N) is 1. The molecule has 1 amide bonds. The maximum absolute atomic E-state index is 11.9. The van der Waals surface area contributed by atoms with Gasteiger partial charge in [0.1, 0.15) is 5.40 Å². The number of thioether (sulfide) groups is 1. The van der Waals surface area contributed by atoms with Crippen LogP contribution in [0.25, 0.3) is 0 Å². The summed E-state index contributed by atoms with van der Waals surface area (Å²) in [6.45, 7) is 1.11. The van der Waals surface area contributed by atoms with Gasteiger partial charge in [-0.1, -0.05) is 11.6 Å². The molecule has 2 N–H and O–H groups in total. The average molecular weight is 282 g/mol. The first kappa shape index (κ1) is 13.2. The molecule has 1 heterocycles. The van der Waals surface area contributed by atoms with Gasteiger partial charge in [-0.05, 0) is 42.4 Å². The van der Waals surface area contributed by atoms with E-state index in [1.54, 1.807) is 23.1 Å². The van der Waals surface area contributed by atoms with Gasteiger partial charge in [-0.2, -0.15) is 5.26 Å². The summed E-state index contributed by atoms with van der Waals surface area (Å²) in [5.74, 6) is 0.245. The number of thiocyanates is 1. The predicted molar refractivity (Wildman–Crippen MR) is 72.4 cm³/mol. The smallest absolute Gasteiger partial charge is 0.227 e. The molecule has 1 fully saturated rings.